The molecule has 0 fully saturated rings. The Morgan fingerprint density at radius 2 is 1.63 bits per heavy atom. The zero-order valence-corrected chi connectivity index (χ0v) is 17.9. The highest BCUT2D eigenvalue weighted by molar-refractivity contribution is 5.94. The van der Waals surface area contributed by atoms with Gasteiger partial charge in [0.15, 0.2) is 17.3 Å². The van der Waals surface area contributed by atoms with Crippen molar-refractivity contribution in [2.24, 2.45) is 0 Å². The van der Waals surface area contributed by atoms with Crippen molar-refractivity contribution in [2.45, 2.75) is 33.6 Å². The number of amides is 1. The normalized spacial score (nSPS) is 10.3. The summed E-state index contributed by atoms with van der Waals surface area (Å²) < 4.78 is 22.1. The molecule has 1 amide bonds. The lowest BCUT2D eigenvalue weighted by molar-refractivity contribution is -0.116. The third-order valence-electron chi connectivity index (χ3n) is 4.21. The monoisotopic (exact) mass is 415 g/mol. The number of hydrogen-bond donors (Lipinski definition) is 1. The maximum Gasteiger partial charge on any atom is 0.224 e. The second-order valence-electron chi connectivity index (χ2n) is 6.45. The summed E-state index contributed by atoms with van der Waals surface area (Å²) in [6, 6.07) is 10.4. The van der Waals surface area contributed by atoms with E-state index in [1.807, 2.05) is 19.9 Å². The second kappa shape index (κ2) is 11.7. The lowest BCUT2D eigenvalue weighted by Gasteiger charge is -2.14. The zero-order valence-electron chi connectivity index (χ0n) is 17.9. The van der Waals surface area contributed by atoms with Gasteiger partial charge < -0.3 is 24.3 Å². The lowest BCUT2D eigenvalue weighted by Crippen LogP contribution is -2.14. The van der Waals surface area contributed by atoms with Crippen molar-refractivity contribution in [1.29, 1.82) is 0 Å². The molecule has 7 heteroatoms. The van der Waals surface area contributed by atoms with Crippen molar-refractivity contribution in [3.05, 3.63) is 42.0 Å². The number of anilines is 1. The highest BCUT2D eigenvalue weighted by atomic mass is 16.5. The number of nitrogens with one attached hydrogen (secondary N) is 1. The van der Waals surface area contributed by atoms with E-state index in [-0.39, 0.29) is 18.1 Å². The molecule has 0 aliphatic carbocycles. The van der Waals surface area contributed by atoms with Gasteiger partial charge in [0.05, 0.1) is 32.6 Å². The summed E-state index contributed by atoms with van der Waals surface area (Å²) in [5, 5.41) is 2.87. The van der Waals surface area contributed by atoms with Crippen molar-refractivity contribution in [2.75, 3.05) is 32.2 Å². The lowest BCUT2D eigenvalue weighted by atomic mass is 10.1. The second-order valence-corrected chi connectivity index (χ2v) is 6.45. The van der Waals surface area contributed by atoms with Crippen LogP contribution in [-0.2, 0) is 4.79 Å². The first-order chi connectivity index (χ1) is 14.5. The molecule has 2 rings (SSSR count). The van der Waals surface area contributed by atoms with Gasteiger partial charge in [0, 0.05) is 18.1 Å². The predicted octanol–water partition coefficient (Wildman–Crippen LogP) is 4.49. The number of rotatable bonds is 12. The number of ether oxygens (including phenoxy) is 4. The van der Waals surface area contributed by atoms with Gasteiger partial charge >= 0.3 is 0 Å². The van der Waals surface area contributed by atoms with Crippen LogP contribution in [0, 0.1) is 0 Å². The van der Waals surface area contributed by atoms with Crippen LogP contribution in [0.25, 0.3) is 0 Å². The first-order valence-electron chi connectivity index (χ1n) is 9.99. The summed E-state index contributed by atoms with van der Waals surface area (Å²) >= 11 is 0. The fourth-order valence-electron chi connectivity index (χ4n) is 2.78. The van der Waals surface area contributed by atoms with Crippen LogP contribution in [0.5, 0.6) is 23.0 Å². The Morgan fingerprint density at radius 3 is 2.30 bits per heavy atom. The number of carbonyl (C=O) groups excluding carboxylic acids is 2. The maximum atomic E-state index is 12.4. The molecule has 0 saturated heterocycles. The third-order valence-corrected chi connectivity index (χ3v) is 4.21. The van der Waals surface area contributed by atoms with E-state index in [2.05, 4.69) is 5.32 Å². The summed E-state index contributed by atoms with van der Waals surface area (Å²) in [5.74, 6) is 2.09. The van der Waals surface area contributed by atoms with Crippen molar-refractivity contribution < 1.29 is 28.5 Å². The summed E-state index contributed by atoms with van der Waals surface area (Å²) in [6.45, 7) is 6.65. The van der Waals surface area contributed by atoms with Crippen LogP contribution in [-0.4, -0.2) is 38.6 Å². The number of ketones is 1. The largest absolute Gasteiger partial charge is 0.494 e. The van der Waals surface area contributed by atoms with Gasteiger partial charge in [0.25, 0.3) is 0 Å². The summed E-state index contributed by atoms with van der Waals surface area (Å²) in [6.07, 6.45) is 0.789. The number of methoxy groups -OCH3 is 1. The minimum absolute atomic E-state index is 0.0450. The standard InChI is InChI=1S/C23H29NO6/c1-5-28-18-10-12-20(29-6-2)19(15-18)24-23(26)8-7-13-30-21-11-9-17(16(3)25)14-22(21)27-4/h9-12,14-15H,5-8,13H2,1-4H3,(H,24,26). The fourth-order valence-corrected chi connectivity index (χ4v) is 2.78. The number of Topliss-reactive ketones (excluding diaryl/α,β-unsaturated/α-hetero) is 1. The maximum absolute atomic E-state index is 12.4. The first-order valence-corrected chi connectivity index (χ1v) is 9.99. The van der Waals surface area contributed by atoms with E-state index in [9.17, 15) is 9.59 Å². The van der Waals surface area contributed by atoms with E-state index in [1.54, 1.807) is 30.3 Å². The van der Waals surface area contributed by atoms with E-state index >= 15 is 0 Å². The third kappa shape index (κ3) is 6.69. The van der Waals surface area contributed by atoms with Crippen molar-refractivity contribution in [3.63, 3.8) is 0 Å². The average molecular weight is 415 g/mol. The molecule has 0 heterocycles. The molecule has 2 aromatic rings. The Hall–Kier alpha value is -3.22. The molecule has 0 unspecified atom stereocenters. The molecule has 0 atom stereocenters. The van der Waals surface area contributed by atoms with Gasteiger partial charge in [-0.2, -0.15) is 0 Å². The van der Waals surface area contributed by atoms with E-state index in [1.165, 1.54) is 14.0 Å². The van der Waals surface area contributed by atoms with Crippen LogP contribution >= 0.6 is 0 Å². The molecule has 0 aliphatic heterocycles. The highest BCUT2D eigenvalue weighted by Crippen LogP contribution is 2.30. The molecule has 30 heavy (non-hydrogen) atoms. The SMILES string of the molecule is CCOc1ccc(OCC)c(NC(=O)CCCOc2ccc(C(C)=O)cc2OC)c1. The first kappa shape index (κ1) is 23.1. The average Bonchev–Trinajstić information content (AvgIpc) is 2.73. The topological polar surface area (TPSA) is 83.1 Å². The Morgan fingerprint density at radius 1 is 0.900 bits per heavy atom. The Labute approximate surface area is 177 Å². The molecule has 0 aliphatic rings. The quantitative estimate of drug-likeness (QED) is 0.406. The van der Waals surface area contributed by atoms with Crippen LogP contribution in [0.3, 0.4) is 0 Å². The van der Waals surface area contributed by atoms with Gasteiger partial charge in [0.1, 0.15) is 11.5 Å². The summed E-state index contributed by atoms with van der Waals surface area (Å²) in [7, 11) is 1.52. The summed E-state index contributed by atoms with van der Waals surface area (Å²) in [4.78, 5) is 23.8. The molecule has 162 valence electrons. The Balaban J connectivity index is 1.90. The van der Waals surface area contributed by atoms with E-state index in [4.69, 9.17) is 18.9 Å². The van der Waals surface area contributed by atoms with Gasteiger partial charge in [-0.05, 0) is 57.5 Å². The molecular weight excluding hydrogens is 386 g/mol. The van der Waals surface area contributed by atoms with Crippen molar-refractivity contribution in [1.82, 2.24) is 0 Å². The number of hydrogen-bond acceptors (Lipinski definition) is 6. The van der Waals surface area contributed by atoms with E-state index < -0.39 is 0 Å². The zero-order chi connectivity index (χ0) is 21.9. The van der Waals surface area contributed by atoms with Crippen molar-refractivity contribution >= 4 is 17.4 Å². The number of benzene rings is 2. The van der Waals surface area contributed by atoms with Gasteiger partial charge in [-0.1, -0.05) is 0 Å². The molecule has 0 saturated carbocycles. The van der Waals surface area contributed by atoms with Gasteiger partial charge in [0.2, 0.25) is 5.91 Å². The molecule has 0 bridgehead atoms. The minimum atomic E-state index is -0.146. The molecular formula is C23H29NO6. The molecule has 0 radical (unpaired) electrons. The highest BCUT2D eigenvalue weighted by Gasteiger charge is 2.11. The molecule has 0 spiro atoms. The Kier molecular flexibility index (Phi) is 9.00. The van der Waals surface area contributed by atoms with Crippen LogP contribution in [0.4, 0.5) is 5.69 Å². The molecule has 1 N–H and O–H groups in total. The molecule has 2 aromatic carbocycles. The van der Waals surface area contributed by atoms with Crippen molar-refractivity contribution in [3.8, 4) is 23.0 Å². The predicted molar refractivity (Wildman–Crippen MR) is 115 cm³/mol. The van der Waals surface area contributed by atoms with Gasteiger partial charge in [-0.25, -0.2) is 0 Å². The van der Waals surface area contributed by atoms with Crippen LogP contribution in [0.2, 0.25) is 0 Å². The van der Waals surface area contributed by atoms with Gasteiger partial charge in [-0.3, -0.25) is 9.59 Å². The van der Waals surface area contributed by atoms with Gasteiger partial charge in [-0.15, -0.1) is 0 Å². The minimum Gasteiger partial charge on any atom is -0.494 e. The molecule has 0 aromatic heterocycles. The van der Waals surface area contributed by atoms with E-state index in [0.29, 0.717) is 60.5 Å². The molecule has 7 nitrogen and oxygen atoms in total. The Bertz CT molecular complexity index is 865. The van der Waals surface area contributed by atoms with E-state index in [0.717, 1.165) is 0 Å². The van der Waals surface area contributed by atoms with Crippen LogP contribution < -0.4 is 24.3 Å². The number of carbonyl (C=O) groups is 2. The fraction of sp³-hybridized carbons (Fsp3) is 0.391. The summed E-state index contributed by atoms with van der Waals surface area (Å²) in [5.41, 5.74) is 1.13. The van der Waals surface area contributed by atoms with Crippen LogP contribution in [0.15, 0.2) is 36.4 Å². The van der Waals surface area contributed by atoms with Crippen LogP contribution in [0.1, 0.15) is 44.0 Å². The smallest absolute Gasteiger partial charge is 0.224 e.